The quantitative estimate of drug-likeness (QED) is 0.791. The van der Waals surface area contributed by atoms with Crippen LogP contribution in [-0.2, 0) is 25.8 Å². The third-order valence-corrected chi connectivity index (χ3v) is 6.44. The molecule has 2 aromatic rings. The number of esters is 1. The highest BCUT2D eigenvalue weighted by atomic mass is 32.2. The van der Waals surface area contributed by atoms with Gasteiger partial charge >= 0.3 is 5.97 Å². The molecule has 25 heavy (non-hydrogen) atoms. The summed E-state index contributed by atoms with van der Waals surface area (Å²) in [4.78, 5) is 26.5. The van der Waals surface area contributed by atoms with Crippen LogP contribution in [0.3, 0.4) is 0 Å². The number of amides is 1. The molecular formula is C20H19NO3S. The first kappa shape index (κ1) is 16.2. The van der Waals surface area contributed by atoms with Crippen molar-refractivity contribution in [2.75, 3.05) is 5.75 Å². The topological polar surface area (TPSA) is 46.6 Å². The number of rotatable bonds is 4. The third kappa shape index (κ3) is 2.82. The van der Waals surface area contributed by atoms with E-state index in [2.05, 4.69) is 0 Å². The van der Waals surface area contributed by atoms with Gasteiger partial charge in [0, 0.05) is 12.2 Å². The SMILES string of the molecule is O=C(OCc1ccccc1)[C@H]1CS[C@@]2(c3ccccc3)CCC(=O)N12. The van der Waals surface area contributed by atoms with Crippen molar-refractivity contribution in [1.82, 2.24) is 4.90 Å². The highest BCUT2D eigenvalue weighted by molar-refractivity contribution is 8.00. The minimum absolute atomic E-state index is 0.0375. The summed E-state index contributed by atoms with van der Waals surface area (Å²) in [6, 6.07) is 19.1. The van der Waals surface area contributed by atoms with Gasteiger partial charge in [-0.15, -0.1) is 11.8 Å². The highest BCUT2D eigenvalue weighted by Gasteiger charge is 2.57. The van der Waals surface area contributed by atoms with E-state index in [9.17, 15) is 9.59 Å². The van der Waals surface area contributed by atoms with Crippen molar-refractivity contribution < 1.29 is 14.3 Å². The van der Waals surface area contributed by atoms with Crippen molar-refractivity contribution in [3.8, 4) is 0 Å². The van der Waals surface area contributed by atoms with Gasteiger partial charge in [-0.3, -0.25) is 4.79 Å². The average molecular weight is 353 g/mol. The average Bonchev–Trinajstić information content (AvgIpc) is 3.21. The number of thioether (sulfide) groups is 1. The molecule has 0 aromatic heterocycles. The molecule has 2 atom stereocenters. The second-order valence-electron chi connectivity index (χ2n) is 6.33. The standard InChI is InChI=1S/C20H19NO3S/c22-18-11-12-20(16-9-5-2-6-10-16)21(18)17(14-25-20)19(23)24-13-15-7-3-1-4-8-15/h1-10,17H,11-14H2/t17-,20-/m1/s1. The molecule has 0 unspecified atom stereocenters. The van der Waals surface area contributed by atoms with E-state index in [4.69, 9.17) is 4.74 Å². The second kappa shape index (κ2) is 6.56. The van der Waals surface area contributed by atoms with Gasteiger partial charge in [0.25, 0.3) is 0 Å². The lowest BCUT2D eigenvalue weighted by molar-refractivity contribution is -0.155. The van der Waals surface area contributed by atoms with Crippen LogP contribution in [0.15, 0.2) is 60.7 Å². The minimum atomic E-state index is -0.510. The second-order valence-corrected chi connectivity index (χ2v) is 7.63. The molecule has 0 saturated carbocycles. The van der Waals surface area contributed by atoms with Crippen molar-refractivity contribution in [2.45, 2.75) is 30.4 Å². The molecule has 2 aromatic carbocycles. The van der Waals surface area contributed by atoms with Crippen LogP contribution in [0.25, 0.3) is 0 Å². The van der Waals surface area contributed by atoms with E-state index < -0.39 is 10.9 Å². The first-order valence-electron chi connectivity index (χ1n) is 8.43. The van der Waals surface area contributed by atoms with Crippen molar-refractivity contribution in [3.05, 3.63) is 71.8 Å². The van der Waals surface area contributed by atoms with Gasteiger partial charge in [0.1, 0.15) is 17.5 Å². The molecular weight excluding hydrogens is 334 g/mol. The summed E-state index contributed by atoms with van der Waals surface area (Å²) in [6.45, 7) is 0.237. The van der Waals surface area contributed by atoms with E-state index >= 15 is 0 Å². The molecule has 0 radical (unpaired) electrons. The smallest absolute Gasteiger partial charge is 0.330 e. The molecule has 5 heteroatoms. The van der Waals surface area contributed by atoms with Crippen LogP contribution < -0.4 is 0 Å². The van der Waals surface area contributed by atoms with Gasteiger partial charge in [0.15, 0.2) is 0 Å². The summed E-state index contributed by atoms with van der Waals surface area (Å²) >= 11 is 1.68. The Morgan fingerprint density at radius 1 is 1.12 bits per heavy atom. The maximum Gasteiger partial charge on any atom is 0.330 e. The summed E-state index contributed by atoms with van der Waals surface area (Å²) in [7, 11) is 0. The van der Waals surface area contributed by atoms with Crippen LogP contribution in [0.2, 0.25) is 0 Å². The molecule has 128 valence electrons. The summed E-state index contributed by atoms with van der Waals surface area (Å²) in [5, 5.41) is 0. The molecule has 4 rings (SSSR count). The molecule has 2 aliphatic heterocycles. The van der Waals surface area contributed by atoms with Gasteiger partial charge in [-0.2, -0.15) is 0 Å². The van der Waals surface area contributed by atoms with Crippen LogP contribution in [0.1, 0.15) is 24.0 Å². The molecule has 2 heterocycles. The maximum absolute atomic E-state index is 12.7. The molecule has 2 fully saturated rings. The van der Waals surface area contributed by atoms with Crippen LogP contribution in [0.5, 0.6) is 0 Å². The zero-order valence-electron chi connectivity index (χ0n) is 13.8. The number of carbonyl (C=O) groups excluding carboxylic acids is 2. The Balaban J connectivity index is 1.54. The zero-order valence-corrected chi connectivity index (χ0v) is 14.6. The van der Waals surface area contributed by atoms with Crippen molar-refractivity contribution in [1.29, 1.82) is 0 Å². The number of hydrogen-bond donors (Lipinski definition) is 0. The fraction of sp³-hybridized carbons (Fsp3) is 0.300. The minimum Gasteiger partial charge on any atom is -0.459 e. The van der Waals surface area contributed by atoms with E-state index in [0.717, 1.165) is 17.5 Å². The number of fused-ring (bicyclic) bond motifs is 1. The number of nitrogens with zero attached hydrogens (tertiary/aromatic N) is 1. The Morgan fingerprint density at radius 3 is 2.52 bits per heavy atom. The fourth-order valence-corrected chi connectivity index (χ4v) is 5.28. The predicted molar refractivity (Wildman–Crippen MR) is 96.7 cm³/mol. The normalized spacial score (nSPS) is 25.0. The van der Waals surface area contributed by atoms with E-state index in [-0.39, 0.29) is 18.5 Å². The van der Waals surface area contributed by atoms with Crippen LogP contribution in [0.4, 0.5) is 0 Å². The Labute approximate surface area is 151 Å². The van der Waals surface area contributed by atoms with Gasteiger partial charge < -0.3 is 9.64 Å². The number of benzene rings is 2. The third-order valence-electron chi connectivity index (χ3n) is 4.85. The first-order chi connectivity index (χ1) is 12.2. The summed E-state index contributed by atoms with van der Waals surface area (Å²) in [6.07, 6.45) is 1.22. The molecule has 0 bridgehead atoms. The largest absolute Gasteiger partial charge is 0.459 e. The lowest BCUT2D eigenvalue weighted by Gasteiger charge is -2.33. The Kier molecular flexibility index (Phi) is 4.25. The van der Waals surface area contributed by atoms with E-state index in [1.165, 1.54) is 0 Å². The van der Waals surface area contributed by atoms with E-state index in [1.807, 2.05) is 60.7 Å². The van der Waals surface area contributed by atoms with Crippen molar-refractivity contribution in [2.24, 2.45) is 0 Å². The van der Waals surface area contributed by atoms with Crippen LogP contribution in [-0.4, -0.2) is 28.6 Å². The molecule has 0 aliphatic carbocycles. The maximum atomic E-state index is 12.7. The van der Waals surface area contributed by atoms with Gasteiger partial charge in [0.2, 0.25) is 5.91 Å². The lowest BCUT2D eigenvalue weighted by Crippen LogP contribution is -2.46. The first-order valence-corrected chi connectivity index (χ1v) is 9.41. The monoisotopic (exact) mass is 353 g/mol. The van der Waals surface area contributed by atoms with Gasteiger partial charge in [0.05, 0.1) is 0 Å². The molecule has 0 N–H and O–H groups in total. The summed E-state index contributed by atoms with van der Waals surface area (Å²) < 4.78 is 5.50. The molecule has 4 nitrogen and oxygen atoms in total. The number of hydrogen-bond acceptors (Lipinski definition) is 4. The van der Waals surface area contributed by atoms with Gasteiger partial charge in [-0.1, -0.05) is 60.7 Å². The lowest BCUT2D eigenvalue weighted by atomic mass is 10.0. The molecule has 2 aliphatic rings. The highest BCUT2D eigenvalue weighted by Crippen LogP contribution is 2.54. The molecule has 0 spiro atoms. The van der Waals surface area contributed by atoms with Crippen LogP contribution >= 0.6 is 11.8 Å². The number of carbonyl (C=O) groups is 2. The van der Waals surface area contributed by atoms with E-state index in [0.29, 0.717) is 12.2 Å². The van der Waals surface area contributed by atoms with E-state index in [1.54, 1.807) is 16.7 Å². The fourth-order valence-electron chi connectivity index (χ4n) is 3.64. The van der Waals surface area contributed by atoms with Crippen molar-refractivity contribution >= 4 is 23.6 Å². The predicted octanol–water partition coefficient (Wildman–Crippen LogP) is 3.32. The van der Waals surface area contributed by atoms with Crippen LogP contribution in [0, 0.1) is 0 Å². The Morgan fingerprint density at radius 2 is 1.80 bits per heavy atom. The van der Waals surface area contributed by atoms with Crippen molar-refractivity contribution in [3.63, 3.8) is 0 Å². The zero-order chi connectivity index (χ0) is 17.3. The van der Waals surface area contributed by atoms with Gasteiger partial charge in [-0.25, -0.2) is 4.79 Å². The summed E-state index contributed by atoms with van der Waals surface area (Å²) in [5.74, 6) is 0.300. The Hall–Kier alpha value is -2.27. The Bertz CT molecular complexity index is 780. The van der Waals surface area contributed by atoms with Gasteiger partial charge in [-0.05, 0) is 17.5 Å². The molecule has 1 amide bonds. The molecule has 2 saturated heterocycles. The summed E-state index contributed by atoms with van der Waals surface area (Å²) in [5.41, 5.74) is 2.03. The number of ether oxygens (including phenoxy) is 1.